The lowest BCUT2D eigenvalue weighted by molar-refractivity contribution is -0.143. The van der Waals surface area contributed by atoms with Crippen molar-refractivity contribution in [2.75, 3.05) is 23.4 Å². The summed E-state index contributed by atoms with van der Waals surface area (Å²) in [5.41, 5.74) is -4.52. The van der Waals surface area contributed by atoms with E-state index < -0.39 is 71.3 Å². The summed E-state index contributed by atoms with van der Waals surface area (Å²) in [6.45, 7) is 3.24. The van der Waals surface area contributed by atoms with Crippen LogP contribution in [-0.4, -0.2) is 46.4 Å². The van der Waals surface area contributed by atoms with Crippen LogP contribution in [0.25, 0.3) is 0 Å². The molecule has 2 N–H and O–H groups in total. The molecule has 1 amide bonds. The number of amides is 1. The number of fused-ring (bicyclic) bond motifs is 1. The summed E-state index contributed by atoms with van der Waals surface area (Å²) >= 11 is 0. The van der Waals surface area contributed by atoms with Crippen LogP contribution < -0.4 is 15.0 Å². The van der Waals surface area contributed by atoms with Crippen LogP contribution in [0.3, 0.4) is 0 Å². The Morgan fingerprint density at radius 1 is 0.922 bits per heavy atom. The van der Waals surface area contributed by atoms with Gasteiger partial charge in [0.25, 0.3) is 0 Å². The molecule has 0 bridgehead atoms. The molecule has 1 aliphatic rings. The average molecular weight is 737 g/mol. The second kappa shape index (κ2) is 15.6. The van der Waals surface area contributed by atoms with Crippen LogP contribution in [0.1, 0.15) is 85.5 Å². The van der Waals surface area contributed by atoms with Gasteiger partial charge in [-0.25, -0.2) is 14.8 Å². The second-order valence-corrected chi connectivity index (χ2v) is 11.6. The van der Waals surface area contributed by atoms with Crippen molar-refractivity contribution in [2.45, 2.75) is 83.0 Å². The zero-order chi connectivity index (χ0) is 37.7. The molecule has 278 valence electrons. The van der Waals surface area contributed by atoms with Gasteiger partial charge in [0.15, 0.2) is 5.75 Å². The smallest absolute Gasteiger partial charge is 0.416 e. The van der Waals surface area contributed by atoms with Gasteiger partial charge >= 0.3 is 30.6 Å². The monoisotopic (exact) mass is 736 g/mol. The highest BCUT2D eigenvalue weighted by Gasteiger charge is 2.40. The second-order valence-electron chi connectivity index (χ2n) is 11.6. The van der Waals surface area contributed by atoms with Crippen LogP contribution in [0, 0.1) is 0 Å². The van der Waals surface area contributed by atoms with E-state index in [1.165, 1.54) is 4.90 Å². The van der Waals surface area contributed by atoms with Crippen LogP contribution in [0.15, 0.2) is 42.6 Å². The lowest BCUT2D eigenvalue weighted by atomic mass is 9.89. The van der Waals surface area contributed by atoms with E-state index in [1.54, 1.807) is 13.8 Å². The van der Waals surface area contributed by atoms with E-state index in [-0.39, 0.29) is 73.6 Å². The van der Waals surface area contributed by atoms with Crippen molar-refractivity contribution in [3.63, 3.8) is 0 Å². The molecule has 1 aliphatic heterocycles. The van der Waals surface area contributed by atoms with Crippen molar-refractivity contribution in [1.82, 2.24) is 9.97 Å². The highest BCUT2D eigenvalue weighted by molar-refractivity contribution is 5.90. The lowest BCUT2D eigenvalue weighted by Gasteiger charge is -2.40. The summed E-state index contributed by atoms with van der Waals surface area (Å²) in [6.07, 6.45) is -14.6. The lowest BCUT2D eigenvalue weighted by Crippen LogP contribution is -2.46. The molecule has 0 spiro atoms. The number of aromatic nitrogens is 2. The Balaban J connectivity index is 1.76. The summed E-state index contributed by atoms with van der Waals surface area (Å²) in [5, 5.41) is 11.8. The van der Waals surface area contributed by atoms with Gasteiger partial charge in [-0.1, -0.05) is 6.92 Å². The van der Waals surface area contributed by atoms with E-state index in [2.05, 4.69) is 15.3 Å². The molecule has 0 fully saturated rings. The van der Waals surface area contributed by atoms with E-state index >= 15 is 0 Å². The molecule has 0 unspecified atom stereocenters. The predicted molar refractivity (Wildman–Crippen MR) is 164 cm³/mol. The molecule has 2 atom stereocenters. The number of ether oxygens (including phenoxy) is 2. The molecular formula is C33H33F9N4O5. The molecule has 18 heteroatoms. The number of carboxylic acids is 1. The number of hydrogen-bond donors (Lipinski definition) is 2. The number of carbonyl (C=O) groups is 2. The molecule has 0 saturated heterocycles. The number of carboxylic acid groups (broad SMARTS) is 1. The molecule has 2 heterocycles. The molecule has 0 aliphatic carbocycles. The average Bonchev–Trinajstić information content (AvgIpc) is 3.03. The molecule has 51 heavy (non-hydrogen) atoms. The fourth-order valence-corrected chi connectivity index (χ4v) is 5.61. The number of hydrogen-bond acceptors (Lipinski definition) is 7. The van der Waals surface area contributed by atoms with E-state index in [0.717, 1.165) is 24.4 Å². The van der Waals surface area contributed by atoms with Crippen molar-refractivity contribution in [2.24, 2.45) is 0 Å². The van der Waals surface area contributed by atoms with E-state index in [1.807, 2.05) is 0 Å². The Morgan fingerprint density at radius 3 is 2.14 bits per heavy atom. The van der Waals surface area contributed by atoms with Crippen molar-refractivity contribution < 1.29 is 63.7 Å². The van der Waals surface area contributed by atoms with Gasteiger partial charge in [-0.15, -0.1) is 0 Å². The largest absolute Gasteiger partial charge is 0.490 e. The number of nitrogens with zero attached hydrogens (tertiary/aromatic N) is 3. The number of halogens is 9. The van der Waals surface area contributed by atoms with E-state index in [4.69, 9.17) is 14.6 Å². The Hall–Kier alpha value is -4.77. The minimum Gasteiger partial charge on any atom is -0.490 e. The Kier molecular flexibility index (Phi) is 12.0. The first-order valence-corrected chi connectivity index (χ1v) is 15.7. The Bertz CT molecular complexity index is 1680. The van der Waals surface area contributed by atoms with Crippen LogP contribution in [-0.2, 0) is 34.5 Å². The number of carbonyl (C=O) groups excluding carboxylic acids is 1. The third-order valence-electron chi connectivity index (χ3n) is 7.99. The topological polar surface area (TPSA) is 114 Å². The van der Waals surface area contributed by atoms with Crippen LogP contribution >= 0.6 is 0 Å². The quantitative estimate of drug-likeness (QED) is 0.140. The van der Waals surface area contributed by atoms with Gasteiger partial charge in [0, 0.05) is 18.9 Å². The molecule has 1 aromatic heterocycles. The van der Waals surface area contributed by atoms with E-state index in [9.17, 15) is 49.1 Å². The molecule has 0 saturated carbocycles. The third kappa shape index (κ3) is 9.94. The minimum atomic E-state index is -5.12. The number of unbranched alkanes of at least 4 members (excludes halogenated alkanes) is 1. The maximum atomic E-state index is 13.8. The van der Waals surface area contributed by atoms with Gasteiger partial charge in [-0.3, -0.25) is 9.69 Å². The highest BCUT2D eigenvalue weighted by Crippen LogP contribution is 2.43. The van der Waals surface area contributed by atoms with Crippen molar-refractivity contribution in [1.29, 1.82) is 0 Å². The molecule has 0 radical (unpaired) electrons. The van der Waals surface area contributed by atoms with Gasteiger partial charge in [0.2, 0.25) is 5.95 Å². The van der Waals surface area contributed by atoms with Gasteiger partial charge in [-0.2, -0.15) is 39.5 Å². The van der Waals surface area contributed by atoms with Crippen LogP contribution in [0.5, 0.6) is 5.75 Å². The van der Waals surface area contributed by atoms with Gasteiger partial charge in [0.1, 0.15) is 0 Å². The maximum Gasteiger partial charge on any atom is 0.416 e. The van der Waals surface area contributed by atoms with Gasteiger partial charge < -0.3 is 19.9 Å². The fourth-order valence-electron chi connectivity index (χ4n) is 5.61. The SMILES string of the molecule is CCOC(=O)N1c2ccc(C(F)(F)F)cc2[C@@H](Nc2ncc(OCCCCC(=O)O)c(Cc3cc(C(F)(F)F)cc(C(F)(F)F)c3)n2)C[C@H]1CC. The molecule has 2 aromatic carbocycles. The van der Waals surface area contributed by atoms with Crippen LogP contribution in [0.2, 0.25) is 0 Å². The van der Waals surface area contributed by atoms with Crippen molar-refractivity contribution in [3.05, 3.63) is 76.1 Å². The molecule has 9 nitrogen and oxygen atoms in total. The van der Waals surface area contributed by atoms with Gasteiger partial charge in [0.05, 0.1) is 53.5 Å². The summed E-state index contributed by atoms with van der Waals surface area (Å²) in [4.78, 5) is 33.5. The van der Waals surface area contributed by atoms with Crippen LogP contribution in [0.4, 0.5) is 55.9 Å². The molecular weight excluding hydrogens is 703 g/mol. The minimum absolute atomic E-state index is 0.00432. The molecule has 4 rings (SSSR count). The number of anilines is 2. The standard InChI is InChI=1S/C33H33F9N4O5/c1-3-22-16-24(23-15-19(31(34,35)36)8-9-26(23)46(22)30(49)50-4-2)44-29-43-17-27(51-10-6-5-7-28(47)48)25(45-29)13-18-11-20(32(37,38)39)14-21(12-18)33(40,41)42/h8-9,11-12,14-15,17,22,24H,3-7,10,13,16H2,1-2H3,(H,47,48)(H,43,44,45)/t22-,24+/m1/s1. The normalized spacial score (nSPS) is 16.4. The highest BCUT2D eigenvalue weighted by atomic mass is 19.4. The summed E-state index contributed by atoms with van der Waals surface area (Å²) in [6, 6.07) is 2.37. The summed E-state index contributed by atoms with van der Waals surface area (Å²) < 4.78 is 134. The maximum absolute atomic E-state index is 13.8. The zero-order valence-electron chi connectivity index (χ0n) is 27.2. The number of nitrogens with one attached hydrogen (secondary N) is 1. The van der Waals surface area contributed by atoms with E-state index in [0.29, 0.717) is 18.6 Å². The predicted octanol–water partition coefficient (Wildman–Crippen LogP) is 9.06. The molecule has 3 aromatic rings. The van der Waals surface area contributed by atoms with Gasteiger partial charge in [-0.05, 0) is 80.1 Å². The fraction of sp³-hybridized carbons (Fsp3) is 0.455. The first kappa shape index (κ1) is 39.0. The Morgan fingerprint density at radius 2 is 1.57 bits per heavy atom. The number of benzene rings is 2. The third-order valence-corrected chi connectivity index (χ3v) is 7.99. The van der Waals surface area contributed by atoms with Crippen molar-refractivity contribution in [3.8, 4) is 5.75 Å². The number of aliphatic carboxylic acids is 1. The Labute approximate surface area is 285 Å². The number of rotatable bonds is 12. The zero-order valence-corrected chi connectivity index (χ0v) is 27.2. The first-order chi connectivity index (χ1) is 23.8. The van der Waals surface area contributed by atoms with Crippen molar-refractivity contribution >= 4 is 23.7 Å². The first-order valence-electron chi connectivity index (χ1n) is 15.7. The summed E-state index contributed by atoms with van der Waals surface area (Å²) in [7, 11) is 0. The number of alkyl halides is 9. The summed E-state index contributed by atoms with van der Waals surface area (Å²) in [5.74, 6) is -1.41.